The van der Waals surface area contributed by atoms with E-state index in [2.05, 4.69) is 219 Å². The minimum atomic E-state index is 0.813. The molecule has 7 nitrogen and oxygen atoms in total. The van der Waals surface area contributed by atoms with E-state index in [1.165, 1.54) is 11.1 Å². The van der Waals surface area contributed by atoms with Gasteiger partial charge in [-0.15, -0.1) is 0 Å². The van der Waals surface area contributed by atoms with Crippen LogP contribution < -0.4 is 0 Å². The van der Waals surface area contributed by atoms with Crippen molar-refractivity contribution in [1.29, 1.82) is 0 Å². The van der Waals surface area contributed by atoms with Crippen molar-refractivity contribution in [1.82, 2.24) is 34.1 Å². The molecule has 0 atom stereocenters. The third-order valence-electron chi connectivity index (χ3n) is 13.7. The Kier molecular flexibility index (Phi) is 11.4. The van der Waals surface area contributed by atoms with Crippen molar-refractivity contribution in [2.75, 3.05) is 0 Å². The van der Waals surface area contributed by atoms with Gasteiger partial charge >= 0.3 is 0 Å². The van der Waals surface area contributed by atoms with Crippen molar-refractivity contribution < 1.29 is 0 Å². The van der Waals surface area contributed by atoms with Gasteiger partial charge in [0.05, 0.1) is 22.6 Å². The Bertz CT molecular complexity index is 3930. The van der Waals surface area contributed by atoms with Crippen LogP contribution in [0.15, 0.2) is 274 Å². The third kappa shape index (κ3) is 8.54. The number of hydrogen-bond acceptors (Lipinski definition) is 5. The molecule has 5 heterocycles. The zero-order chi connectivity index (χ0) is 49.2. The average molecular weight is 948 g/mol. The maximum absolute atomic E-state index is 5.21. The summed E-state index contributed by atoms with van der Waals surface area (Å²) in [4.78, 5) is 24.4. The van der Waals surface area contributed by atoms with E-state index in [0.717, 1.165) is 112 Å². The largest absolute Gasteiger partial charge is 0.300 e. The molecule has 13 rings (SSSR count). The summed E-state index contributed by atoms with van der Waals surface area (Å²) >= 11 is 0. The highest BCUT2D eigenvalue weighted by molar-refractivity contribution is 5.97. The van der Waals surface area contributed by atoms with E-state index in [9.17, 15) is 0 Å². The normalized spacial score (nSPS) is 11.2. The molecule has 348 valence electrons. The summed E-state index contributed by atoms with van der Waals surface area (Å²) in [6, 6.07) is 83.0. The summed E-state index contributed by atoms with van der Waals surface area (Å²) < 4.78 is 4.29. The number of hydrogen-bond donors (Lipinski definition) is 0. The van der Waals surface area contributed by atoms with Crippen LogP contribution in [0.5, 0.6) is 0 Å². The van der Waals surface area contributed by atoms with E-state index >= 15 is 0 Å². The SMILES string of the molecule is c1ccc(-c2ccc(-c3cc(-c4ccc(-c5ccccc5-c5cc(-c6nccn6-c6ccc(-c7ccccn7)cc6)cc(-c6nccn6-c6ccc(-c7ccccn7)cc6)c5)cc4)nc4ccccc34)cc2)cc1. The second-order valence-corrected chi connectivity index (χ2v) is 18.2. The molecule has 0 fully saturated rings. The highest BCUT2D eigenvalue weighted by atomic mass is 15.1. The van der Waals surface area contributed by atoms with Gasteiger partial charge in [-0.3, -0.25) is 19.1 Å². The number of imidazole rings is 2. The molecule has 13 aromatic rings. The molecule has 0 spiro atoms. The van der Waals surface area contributed by atoms with Crippen LogP contribution in [0.4, 0.5) is 0 Å². The van der Waals surface area contributed by atoms with Gasteiger partial charge in [0.1, 0.15) is 11.6 Å². The molecule has 0 radical (unpaired) electrons. The molecule has 0 N–H and O–H groups in total. The van der Waals surface area contributed by atoms with E-state index in [-0.39, 0.29) is 0 Å². The molecule has 8 aromatic carbocycles. The van der Waals surface area contributed by atoms with Crippen LogP contribution in [0.1, 0.15) is 0 Å². The number of aromatic nitrogens is 7. The van der Waals surface area contributed by atoms with Gasteiger partial charge in [-0.05, 0) is 123 Å². The molecule has 0 saturated carbocycles. The fourth-order valence-corrected chi connectivity index (χ4v) is 9.99. The number of benzene rings is 8. The molecule has 0 bridgehead atoms. The first-order chi connectivity index (χ1) is 36.7. The Morgan fingerprint density at radius 1 is 0.257 bits per heavy atom. The van der Waals surface area contributed by atoms with E-state index in [1.54, 1.807) is 0 Å². The Hall–Kier alpha value is -10.1. The highest BCUT2D eigenvalue weighted by Crippen LogP contribution is 2.40. The minimum absolute atomic E-state index is 0.813. The Balaban J connectivity index is 0.888. The number of para-hydroxylation sites is 1. The molecule has 0 aliphatic heterocycles. The lowest BCUT2D eigenvalue weighted by Gasteiger charge is -2.16. The zero-order valence-electron chi connectivity index (χ0n) is 40.1. The number of rotatable bonds is 11. The van der Waals surface area contributed by atoms with Gasteiger partial charge < -0.3 is 0 Å². The topological polar surface area (TPSA) is 74.3 Å². The fourth-order valence-electron chi connectivity index (χ4n) is 9.99. The molecule has 0 amide bonds. The van der Waals surface area contributed by atoms with Crippen molar-refractivity contribution in [2.24, 2.45) is 0 Å². The quantitative estimate of drug-likeness (QED) is 0.129. The van der Waals surface area contributed by atoms with Crippen LogP contribution in [0.2, 0.25) is 0 Å². The fraction of sp³-hybridized carbons (Fsp3) is 0. The van der Waals surface area contributed by atoms with Gasteiger partial charge in [0.2, 0.25) is 0 Å². The molecule has 0 aliphatic carbocycles. The maximum atomic E-state index is 5.21. The predicted molar refractivity (Wildman–Crippen MR) is 301 cm³/mol. The van der Waals surface area contributed by atoms with E-state index in [4.69, 9.17) is 15.0 Å². The standard InChI is InChI=1S/C67H45N7/c1-2-12-46(13-3-1)47-20-22-49(23-21-47)61-45-65(72-64-19-7-6-16-60(61)64)52-26-24-48(25-27-52)58-14-4-5-15-59(58)53-42-54(66-70-38-40-73(66)56-32-28-50(29-33-56)62-17-8-10-36-68-62)44-55(43-53)67-71-39-41-74(67)57-34-30-51(31-35-57)63-18-9-11-37-69-63/h1-45H. The van der Waals surface area contributed by atoms with Gasteiger partial charge in [0, 0.05) is 81.8 Å². The lowest BCUT2D eigenvalue weighted by atomic mass is 9.91. The second-order valence-electron chi connectivity index (χ2n) is 18.2. The molecule has 7 heteroatoms. The number of pyridine rings is 3. The van der Waals surface area contributed by atoms with Gasteiger partial charge in [-0.1, -0.05) is 158 Å². The van der Waals surface area contributed by atoms with E-state index in [0.29, 0.717) is 0 Å². The molecule has 0 aliphatic rings. The summed E-state index contributed by atoms with van der Waals surface area (Å²) in [6.07, 6.45) is 11.4. The van der Waals surface area contributed by atoms with Gasteiger partial charge in [0.25, 0.3) is 0 Å². The lowest BCUT2D eigenvalue weighted by Crippen LogP contribution is -2.00. The summed E-state index contributed by atoms with van der Waals surface area (Å²) in [5.74, 6) is 1.63. The van der Waals surface area contributed by atoms with Crippen molar-refractivity contribution in [2.45, 2.75) is 0 Å². The van der Waals surface area contributed by atoms with E-state index in [1.807, 2.05) is 73.6 Å². The van der Waals surface area contributed by atoms with Crippen LogP contribution in [0.3, 0.4) is 0 Å². The monoisotopic (exact) mass is 947 g/mol. The Morgan fingerprint density at radius 3 is 1.26 bits per heavy atom. The lowest BCUT2D eigenvalue weighted by molar-refractivity contribution is 1.06. The van der Waals surface area contributed by atoms with Crippen molar-refractivity contribution >= 4 is 10.9 Å². The molecule has 0 unspecified atom stereocenters. The number of fused-ring (bicyclic) bond motifs is 1. The smallest absolute Gasteiger partial charge is 0.144 e. The molecular weight excluding hydrogens is 903 g/mol. The first kappa shape index (κ1) is 43.9. The third-order valence-corrected chi connectivity index (χ3v) is 13.7. The maximum Gasteiger partial charge on any atom is 0.144 e. The van der Waals surface area contributed by atoms with Crippen molar-refractivity contribution in [3.05, 3.63) is 274 Å². The zero-order valence-corrected chi connectivity index (χ0v) is 40.1. The van der Waals surface area contributed by atoms with Crippen molar-refractivity contribution in [3.63, 3.8) is 0 Å². The first-order valence-corrected chi connectivity index (χ1v) is 24.7. The molecule has 74 heavy (non-hydrogen) atoms. The average Bonchev–Trinajstić information content (AvgIpc) is 4.21. The molecule has 5 aromatic heterocycles. The Labute approximate surface area is 429 Å². The summed E-state index contributed by atoms with van der Waals surface area (Å²) in [5.41, 5.74) is 19.8. The predicted octanol–water partition coefficient (Wildman–Crippen LogP) is 16.4. The van der Waals surface area contributed by atoms with Gasteiger partial charge in [-0.2, -0.15) is 0 Å². The van der Waals surface area contributed by atoms with Crippen LogP contribution in [-0.2, 0) is 0 Å². The van der Waals surface area contributed by atoms with E-state index < -0.39 is 0 Å². The first-order valence-electron chi connectivity index (χ1n) is 24.7. The number of nitrogens with zero attached hydrogens (tertiary/aromatic N) is 7. The summed E-state index contributed by atoms with van der Waals surface area (Å²) in [6.45, 7) is 0. The van der Waals surface area contributed by atoms with Crippen LogP contribution >= 0.6 is 0 Å². The van der Waals surface area contributed by atoms with Gasteiger partial charge in [0.15, 0.2) is 0 Å². The van der Waals surface area contributed by atoms with Gasteiger partial charge in [-0.25, -0.2) is 15.0 Å². The molecular formula is C67H45N7. The molecule has 0 saturated heterocycles. The Morgan fingerprint density at radius 2 is 0.689 bits per heavy atom. The van der Waals surface area contributed by atoms with Crippen LogP contribution in [0.25, 0.3) is 123 Å². The second kappa shape index (κ2) is 19.2. The highest BCUT2D eigenvalue weighted by Gasteiger charge is 2.19. The summed E-state index contributed by atoms with van der Waals surface area (Å²) in [5, 5.41) is 1.12. The van der Waals surface area contributed by atoms with Crippen LogP contribution in [0, 0.1) is 0 Å². The summed E-state index contributed by atoms with van der Waals surface area (Å²) in [7, 11) is 0. The van der Waals surface area contributed by atoms with Crippen LogP contribution in [-0.4, -0.2) is 34.1 Å². The minimum Gasteiger partial charge on any atom is -0.300 e. The van der Waals surface area contributed by atoms with Crippen molar-refractivity contribution in [3.8, 4) is 112 Å².